The fourth-order valence-electron chi connectivity index (χ4n) is 4.70. The maximum Gasteiger partial charge on any atom is 0.208 e. The number of methoxy groups -OCH3 is 1. The van der Waals surface area contributed by atoms with Crippen LogP contribution in [-0.4, -0.2) is 42.9 Å². The Kier molecular flexibility index (Phi) is 4.76. The summed E-state index contributed by atoms with van der Waals surface area (Å²) in [5.74, 6) is -4.63. The lowest BCUT2D eigenvalue weighted by Gasteiger charge is -2.15. The molecule has 4 aromatic carbocycles. The van der Waals surface area contributed by atoms with Gasteiger partial charge in [0.15, 0.2) is 22.7 Å². The van der Waals surface area contributed by atoms with Gasteiger partial charge < -0.3 is 49.3 Å². The summed E-state index contributed by atoms with van der Waals surface area (Å²) in [4.78, 5) is 26.6. The number of phenols is 7. The highest BCUT2D eigenvalue weighted by Gasteiger charge is 2.27. The minimum Gasteiger partial charge on any atom is -0.507 e. The third-order valence-electron chi connectivity index (χ3n) is 6.48. The van der Waals surface area contributed by atoms with Crippen molar-refractivity contribution < 1.29 is 49.3 Å². The second-order valence-corrected chi connectivity index (χ2v) is 8.68. The highest BCUT2D eigenvalue weighted by atomic mass is 16.5. The molecule has 0 amide bonds. The molecule has 0 aliphatic rings. The van der Waals surface area contributed by atoms with Crippen LogP contribution in [0.2, 0.25) is 0 Å². The molecule has 6 rings (SSSR count). The van der Waals surface area contributed by atoms with Gasteiger partial charge in [0.1, 0.15) is 67.2 Å². The average Bonchev–Trinajstić information content (AvgIpc) is 2.88. The van der Waals surface area contributed by atoms with Gasteiger partial charge >= 0.3 is 0 Å². The van der Waals surface area contributed by atoms with Crippen molar-refractivity contribution in [3.8, 4) is 57.1 Å². The van der Waals surface area contributed by atoms with Crippen molar-refractivity contribution in [1.82, 2.24) is 0 Å². The maximum absolute atomic E-state index is 13.3. The van der Waals surface area contributed by atoms with E-state index >= 15 is 0 Å². The highest BCUT2D eigenvalue weighted by Crippen LogP contribution is 2.49. The minimum absolute atomic E-state index is 0.152. The Morgan fingerprint density at radius 3 is 1.90 bits per heavy atom. The fraction of sp³-hybridized carbons (Fsp3) is 0.0370. The van der Waals surface area contributed by atoms with Crippen LogP contribution in [0.15, 0.2) is 54.8 Å². The number of hydrogen-bond donors (Lipinski definition) is 7. The molecule has 196 valence electrons. The normalized spacial score (nSPS) is 11.6. The topological polar surface area (TPSA) is 211 Å². The summed E-state index contributed by atoms with van der Waals surface area (Å²) in [7, 11) is 1.32. The first-order valence-corrected chi connectivity index (χ1v) is 11.1. The zero-order valence-electron chi connectivity index (χ0n) is 19.6. The van der Waals surface area contributed by atoms with Crippen LogP contribution < -0.4 is 15.6 Å². The van der Waals surface area contributed by atoms with E-state index in [0.29, 0.717) is 0 Å². The third-order valence-corrected chi connectivity index (χ3v) is 6.48. The number of aromatic hydroxyl groups is 7. The largest absolute Gasteiger partial charge is 0.507 e. The third kappa shape index (κ3) is 3.11. The van der Waals surface area contributed by atoms with Crippen molar-refractivity contribution in [3.05, 3.63) is 56.8 Å². The summed E-state index contributed by atoms with van der Waals surface area (Å²) < 4.78 is 16.1. The van der Waals surface area contributed by atoms with Gasteiger partial charge in [0.25, 0.3) is 0 Å². The Bertz CT molecular complexity index is 2170. The van der Waals surface area contributed by atoms with Crippen molar-refractivity contribution in [2.75, 3.05) is 7.11 Å². The smallest absolute Gasteiger partial charge is 0.208 e. The maximum atomic E-state index is 13.3. The molecule has 12 heteroatoms. The number of ether oxygens (including phenoxy) is 1. The van der Waals surface area contributed by atoms with E-state index in [-0.39, 0.29) is 22.3 Å². The van der Waals surface area contributed by atoms with Crippen LogP contribution in [0.1, 0.15) is 0 Å². The summed E-state index contributed by atoms with van der Waals surface area (Å²) in [6, 6.07) is 6.36. The molecule has 2 aromatic heterocycles. The molecule has 12 nitrogen and oxygen atoms in total. The zero-order valence-corrected chi connectivity index (χ0v) is 19.6. The molecule has 0 aliphatic heterocycles. The van der Waals surface area contributed by atoms with Crippen LogP contribution in [0.3, 0.4) is 0 Å². The molecule has 0 saturated carbocycles. The summed E-state index contributed by atoms with van der Waals surface area (Å²) >= 11 is 0. The van der Waals surface area contributed by atoms with Crippen molar-refractivity contribution in [2.24, 2.45) is 0 Å². The van der Waals surface area contributed by atoms with Crippen LogP contribution in [0.4, 0.5) is 0 Å². The fourth-order valence-corrected chi connectivity index (χ4v) is 4.70. The quantitative estimate of drug-likeness (QED) is 0.125. The standard InChI is InChI=1S/C27H16O12/c1-37-8-4-12(30)18-15(5-8)38-27-14(32)6-9(22(33)21(27)24(18)35)17-13(31)7-16-20(23(17)34)25(36)19-10(28)2-3-11(29)26(19)39-16/h2-7,28-34H,1H3. The van der Waals surface area contributed by atoms with Crippen molar-refractivity contribution in [1.29, 1.82) is 0 Å². The van der Waals surface area contributed by atoms with Gasteiger partial charge in [-0.25, -0.2) is 0 Å². The van der Waals surface area contributed by atoms with Gasteiger partial charge in [-0.05, 0) is 18.2 Å². The lowest BCUT2D eigenvalue weighted by molar-refractivity contribution is 0.408. The predicted molar refractivity (Wildman–Crippen MR) is 137 cm³/mol. The molecule has 0 aliphatic carbocycles. The van der Waals surface area contributed by atoms with Crippen molar-refractivity contribution >= 4 is 43.9 Å². The second-order valence-electron chi connectivity index (χ2n) is 8.68. The van der Waals surface area contributed by atoms with Crippen LogP contribution in [0.25, 0.3) is 55.0 Å². The van der Waals surface area contributed by atoms with Crippen molar-refractivity contribution in [3.63, 3.8) is 0 Å². The molecule has 6 aromatic rings. The molecule has 0 unspecified atom stereocenters. The Balaban J connectivity index is 1.74. The Hall–Kier alpha value is -5.78. The van der Waals surface area contributed by atoms with Gasteiger partial charge in [-0.1, -0.05) is 0 Å². The lowest BCUT2D eigenvalue weighted by atomic mass is 9.96. The van der Waals surface area contributed by atoms with Gasteiger partial charge in [-0.2, -0.15) is 0 Å². The monoisotopic (exact) mass is 532 g/mol. The molecule has 0 bridgehead atoms. The number of phenolic OH excluding ortho intramolecular Hbond substituents is 7. The van der Waals surface area contributed by atoms with E-state index in [4.69, 9.17) is 13.6 Å². The van der Waals surface area contributed by atoms with E-state index in [1.807, 2.05) is 0 Å². The molecule has 7 N–H and O–H groups in total. The highest BCUT2D eigenvalue weighted by molar-refractivity contribution is 6.06. The molecule has 0 atom stereocenters. The first-order chi connectivity index (χ1) is 18.5. The van der Waals surface area contributed by atoms with E-state index in [0.717, 1.165) is 30.3 Å². The molecule has 0 fully saturated rings. The van der Waals surface area contributed by atoms with E-state index < -0.39 is 89.6 Å². The molecule has 39 heavy (non-hydrogen) atoms. The number of fused-ring (bicyclic) bond motifs is 4. The van der Waals surface area contributed by atoms with Crippen LogP contribution >= 0.6 is 0 Å². The lowest BCUT2D eigenvalue weighted by Crippen LogP contribution is -2.05. The Morgan fingerprint density at radius 1 is 0.590 bits per heavy atom. The van der Waals surface area contributed by atoms with Crippen LogP contribution in [0, 0.1) is 0 Å². The molecule has 0 spiro atoms. The molecular weight excluding hydrogens is 516 g/mol. The summed E-state index contributed by atoms with van der Waals surface area (Å²) in [5, 5.41) is 72.5. The van der Waals surface area contributed by atoms with Gasteiger partial charge in [0, 0.05) is 23.8 Å². The molecule has 0 saturated heterocycles. The van der Waals surface area contributed by atoms with Crippen molar-refractivity contribution in [2.45, 2.75) is 0 Å². The summed E-state index contributed by atoms with van der Waals surface area (Å²) in [6.07, 6.45) is 0. The van der Waals surface area contributed by atoms with E-state index in [1.165, 1.54) is 13.2 Å². The minimum atomic E-state index is -0.979. The van der Waals surface area contributed by atoms with E-state index in [1.54, 1.807) is 0 Å². The number of rotatable bonds is 2. The van der Waals surface area contributed by atoms with E-state index in [9.17, 15) is 45.3 Å². The molecular formula is C27H16O12. The first-order valence-electron chi connectivity index (χ1n) is 11.1. The van der Waals surface area contributed by atoms with Gasteiger partial charge in [-0.3, -0.25) is 9.59 Å². The zero-order chi connectivity index (χ0) is 27.9. The predicted octanol–water partition coefficient (Wildman–Crippen LogP) is 3.82. The van der Waals surface area contributed by atoms with Crippen LogP contribution in [-0.2, 0) is 0 Å². The van der Waals surface area contributed by atoms with Gasteiger partial charge in [0.05, 0.1) is 12.7 Å². The number of hydrogen-bond acceptors (Lipinski definition) is 12. The SMILES string of the molecule is COc1cc(O)c2c(=O)c3c(O)c(-c4c(O)cc5oc6c(O)ccc(O)c6c(=O)c5c4O)cc(O)c3oc2c1. The summed E-state index contributed by atoms with van der Waals surface area (Å²) in [5.41, 5.74) is -4.37. The molecule has 0 radical (unpaired) electrons. The second kappa shape index (κ2) is 7.86. The van der Waals surface area contributed by atoms with E-state index in [2.05, 4.69) is 0 Å². The van der Waals surface area contributed by atoms with Gasteiger partial charge in [0.2, 0.25) is 10.9 Å². The number of benzene rings is 4. The first kappa shape index (κ1) is 23.6. The molecule has 2 heterocycles. The average molecular weight is 532 g/mol. The van der Waals surface area contributed by atoms with Gasteiger partial charge in [-0.15, -0.1) is 0 Å². The van der Waals surface area contributed by atoms with Crippen LogP contribution in [0.5, 0.6) is 46.0 Å². The Labute approximate surface area is 214 Å². The summed E-state index contributed by atoms with van der Waals surface area (Å²) in [6.45, 7) is 0. The Morgan fingerprint density at radius 2 is 1.21 bits per heavy atom.